The zero-order chi connectivity index (χ0) is 21.7. The Labute approximate surface area is 189 Å². The number of hydrogen-bond donors (Lipinski definition) is 1. The van der Waals surface area contributed by atoms with Gasteiger partial charge >= 0.3 is 0 Å². The van der Waals surface area contributed by atoms with Gasteiger partial charge in [-0.05, 0) is 61.6 Å². The summed E-state index contributed by atoms with van der Waals surface area (Å²) in [5.41, 5.74) is 6.71. The van der Waals surface area contributed by atoms with Gasteiger partial charge in [-0.1, -0.05) is 0 Å². The van der Waals surface area contributed by atoms with E-state index in [0.717, 1.165) is 49.5 Å². The van der Waals surface area contributed by atoms with Gasteiger partial charge in [0, 0.05) is 24.5 Å². The van der Waals surface area contributed by atoms with Crippen molar-refractivity contribution in [1.29, 1.82) is 0 Å². The fourth-order valence-electron chi connectivity index (χ4n) is 4.01. The number of nitrogens with zero attached hydrogens (tertiary/aromatic N) is 5. The van der Waals surface area contributed by atoms with Crippen LogP contribution in [-0.4, -0.2) is 30.8 Å². The van der Waals surface area contributed by atoms with Gasteiger partial charge in [-0.2, -0.15) is 5.10 Å². The van der Waals surface area contributed by atoms with Crippen LogP contribution in [0.3, 0.4) is 0 Å². The molecule has 1 N–H and O–H groups in total. The molecule has 1 fully saturated rings. The highest BCUT2D eigenvalue weighted by Gasteiger charge is 2.30. The first-order chi connectivity index (χ1) is 15.6. The van der Waals surface area contributed by atoms with Gasteiger partial charge in [-0.3, -0.25) is 4.68 Å². The molecule has 0 spiro atoms. The van der Waals surface area contributed by atoms with Crippen LogP contribution in [0, 0.1) is 5.92 Å². The minimum Gasteiger partial charge on any atom is -0.490 e. The highest BCUT2D eigenvalue weighted by atomic mass is 32.1. The summed E-state index contributed by atoms with van der Waals surface area (Å²) in [5, 5.41) is 8.69. The van der Waals surface area contributed by atoms with Gasteiger partial charge in [-0.15, -0.1) is 11.3 Å². The standard InChI is InChI=1S/C24H22N6OS/c1-14(15-3-4-15)31-21-8-16(17-10-28-30(2)11-17)7-20-23(21)24(26-12-25-20)29-18-5-6-19-22(9-18)32-13-27-19/h5-15H,3-4H2,1-2H3,(H,25,26,29)/t14-/m1/s1. The molecule has 6 rings (SSSR count). The van der Waals surface area contributed by atoms with E-state index in [1.165, 1.54) is 12.8 Å². The van der Waals surface area contributed by atoms with E-state index in [2.05, 4.69) is 50.5 Å². The van der Waals surface area contributed by atoms with E-state index < -0.39 is 0 Å². The molecule has 0 unspecified atom stereocenters. The Kier molecular flexibility index (Phi) is 4.53. The van der Waals surface area contributed by atoms with Crippen molar-refractivity contribution < 1.29 is 4.74 Å². The second kappa shape index (κ2) is 7.56. The molecule has 1 atom stereocenters. The largest absolute Gasteiger partial charge is 0.490 e. The molecule has 3 aromatic heterocycles. The summed E-state index contributed by atoms with van der Waals surface area (Å²) in [6.07, 6.45) is 8.04. The minimum absolute atomic E-state index is 0.143. The Hall–Kier alpha value is -3.52. The molecule has 0 saturated heterocycles. The first-order valence-electron chi connectivity index (χ1n) is 10.7. The van der Waals surface area contributed by atoms with E-state index in [1.54, 1.807) is 22.3 Å². The Bertz CT molecular complexity index is 1440. The van der Waals surface area contributed by atoms with Crippen LogP contribution in [0.1, 0.15) is 19.8 Å². The van der Waals surface area contributed by atoms with Crippen LogP contribution in [0.25, 0.3) is 32.2 Å². The topological polar surface area (TPSA) is 77.8 Å². The molecule has 2 aromatic carbocycles. The van der Waals surface area contributed by atoms with Crippen molar-refractivity contribution in [1.82, 2.24) is 24.7 Å². The smallest absolute Gasteiger partial charge is 0.145 e. The van der Waals surface area contributed by atoms with E-state index >= 15 is 0 Å². The van der Waals surface area contributed by atoms with Crippen molar-refractivity contribution in [3.63, 3.8) is 0 Å². The van der Waals surface area contributed by atoms with Crippen molar-refractivity contribution in [3.8, 4) is 16.9 Å². The molecule has 160 valence electrons. The quantitative estimate of drug-likeness (QED) is 0.371. The summed E-state index contributed by atoms with van der Waals surface area (Å²) in [6.45, 7) is 2.15. The lowest BCUT2D eigenvalue weighted by molar-refractivity contribution is 0.201. The summed E-state index contributed by atoms with van der Waals surface area (Å²) in [7, 11) is 1.92. The molecule has 0 aliphatic heterocycles. The molecule has 1 aliphatic carbocycles. The van der Waals surface area contributed by atoms with Gasteiger partial charge in [-0.25, -0.2) is 15.0 Å². The number of rotatable bonds is 6. The number of hydrogen-bond acceptors (Lipinski definition) is 7. The first kappa shape index (κ1) is 19.2. The third kappa shape index (κ3) is 3.56. The maximum absolute atomic E-state index is 6.50. The zero-order valence-corrected chi connectivity index (χ0v) is 18.6. The van der Waals surface area contributed by atoms with E-state index in [1.807, 2.05) is 37.1 Å². The summed E-state index contributed by atoms with van der Waals surface area (Å²) >= 11 is 1.62. The van der Waals surface area contributed by atoms with Crippen LogP contribution in [-0.2, 0) is 7.05 Å². The number of nitrogens with one attached hydrogen (secondary N) is 1. The molecule has 0 bridgehead atoms. The molecule has 32 heavy (non-hydrogen) atoms. The molecule has 8 heteroatoms. The highest BCUT2D eigenvalue weighted by Crippen LogP contribution is 2.40. The third-order valence-corrected chi connectivity index (χ3v) is 6.72. The number of thiazole rings is 1. The normalized spacial score (nSPS) is 14.7. The summed E-state index contributed by atoms with van der Waals surface area (Å²) < 4.78 is 9.43. The molecule has 0 radical (unpaired) electrons. The van der Waals surface area contributed by atoms with Crippen LogP contribution in [0.5, 0.6) is 5.75 Å². The van der Waals surface area contributed by atoms with E-state index in [9.17, 15) is 0 Å². The van der Waals surface area contributed by atoms with Gasteiger partial charge in [0.1, 0.15) is 17.9 Å². The number of ether oxygens (including phenoxy) is 1. The van der Waals surface area contributed by atoms with Crippen LogP contribution in [0.15, 0.2) is 54.6 Å². The van der Waals surface area contributed by atoms with Crippen LogP contribution in [0.4, 0.5) is 11.5 Å². The van der Waals surface area contributed by atoms with Crippen LogP contribution < -0.4 is 10.1 Å². The Morgan fingerprint density at radius 3 is 2.81 bits per heavy atom. The van der Waals surface area contributed by atoms with Crippen molar-refractivity contribution in [2.24, 2.45) is 13.0 Å². The fourth-order valence-corrected chi connectivity index (χ4v) is 4.73. The van der Waals surface area contributed by atoms with Gasteiger partial charge in [0.05, 0.1) is 38.9 Å². The second-order valence-corrected chi connectivity index (χ2v) is 9.20. The minimum atomic E-state index is 0.143. The Balaban J connectivity index is 1.47. The molecule has 1 saturated carbocycles. The third-order valence-electron chi connectivity index (χ3n) is 5.93. The van der Waals surface area contributed by atoms with Crippen molar-refractivity contribution in [3.05, 3.63) is 54.6 Å². The maximum Gasteiger partial charge on any atom is 0.145 e. The number of benzene rings is 2. The molecular formula is C24H22N6OS. The fraction of sp³-hybridized carbons (Fsp3) is 0.250. The monoisotopic (exact) mass is 442 g/mol. The molecule has 0 amide bonds. The number of anilines is 2. The lowest BCUT2D eigenvalue weighted by atomic mass is 10.1. The lowest BCUT2D eigenvalue weighted by Crippen LogP contribution is -2.14. The van der Waals surface area contributed by atoms with Crippen LogP contribution >= 0.6 is 11.3 Å². The highest BCUT2D eigenvalue weighted by molar-refractivity contribution is 7.16. The Morgan fingerprint density at radius 1 is 1.09 bits per heavy atom. The molecule has 3 heterocycles. The van der Waals surface area contributed by atoms with Gasteiger partial charge in [0.15, 0.2) is 0 Å². The second-order valence-electron chi connectivity index (χ2n) is 8.31. The van der Waals surface area contributed by atoms with Crippen molar-refractivity contribution in [2.45, 2.75) is 25.9 Å². The molecule has 7 nitrogen and oxygen atoms in total. The van der Waals surface area contributed by atoms with E-state index in [-0.39, 0.29) is 6.10 Å². The average Bonchev–Trinajstić information content (AvgIpc) is 3.39. The maximum atomic E-state index is 6.50. The summed E-state index contributed by atoms with van der Waals surface area (Å²) in [5.74, 6) is 2.14. The number of aromatic nitrogens is 5. The average molecular weight is 443 g/mol. The van der Waals surface area contributed by atoms with Gasteiger partial charge in [0.25, 0.3) is 0 Å². The predicted octanol–water partition coefficient (Wildman–Crippen LogP) is 5.56. The molecule has 1 aliphatic rings. The van der Waals surface area contributed by atoms with Crippen molar-refractivity contribution in [2.75, 3.05) is 5.32 Å². The predicted molar refractivity (Wildman–Crippen MR) is 127 cm³/mol. The van der Waals surface area contributed by atoms with Crippen molar-refractivity contribution >= 4 is 44.0 Å². The van der Waals surface area contributed by atoms with Crippen LogP contribution in [0.2, 0.25) is 0 Å². The number of fused-ring (bicyclic) bond motifs is 2. The lowest BCUT2D eigenvalue weighted by Gasteiger charge is -2.18. The van der Waals surface area contributed by atoms with E-state index in [4.69, 9.17) is 4.74 Å². The van der Waals surface area contributed by atoms with Gasteiger partial charge < -0.3 is 10.1 Å². The van der Waals surface area contributed by atoms with E-state index in [0.29, 0.717) is 5.92 Å². The Morgan fingerprint density at radius 2 is 2.00 bits per heavy atom. The SMILES string of the molecule is C[C@@H](Oc1cc(-c2cnn(C)c2)cc2ncnc(Nc3ccc4ncsc4c3)c12)C1CC1. The molecular weight excluding hydrogens is 420 g/mol. The molecule has 5 aromatic rings. The number of aryl methyl sites for hydroxylation is 1. The zero-order valence-electron chi connectivity index (χ0n) is 17.8. The first-order valence-corrected chi connectivity index (χ1v) is 11.6. The summed E-state index contributed by atoms with van der Waals surface area (Å²) in [4.78, 5) is 13.5. The summed E-state index contributed by atoms with van der Waals surface area (Å²) in [6, 6.07) is 10.3. The van der Waals surface area contributed by atoms with Gasteiger partial charge in [0.2, 0.25) is 0 Å².